The van der Waals surface area contributed by atoms with Crippen LogP contribution in [0.4, 0.5) is 0 Å². The molecule has 0 spiro atoms. The number of carbonyl (C=O) groups is 1. The van der Waals surface area contributed by atoms with Crippen LogP contribution >= 0.6 is 11.6 Å². The molecular weight excluding hydrogens is 398 g/mol. The molecule has 1 unspecified atom stereocenters. The molecule has 1 atom stereocenters. The van der Waals surface area contributed by atoms with Gasteiger partial charge in [-0.25, -0.2) is 0 Å². The Bertz CT molecular complexity index is 1060. The average molecular weight is 422 g/mol. The molecule has 0 fully saturated rings. The van der Waals surface area contributed by atoms with Crippen LogP contribution < -0.4 is 14.8 Å². The van der Waals surface area contributed by atoms with E-state index in [9.17, 15) is 4.79 Å². The first-order valence-corrected chi connectivity index (χ1v) is 10.3. The van der Waals surface area contributed by atoms with Crippen LogP contribution in [0, 0.1) is 0 Å². The zero-order chi connectivity index (χ0) is 21.1. The first kappa shape index (κ1) is 20.3. The number of carbonyl (C=O) groups excluding carboxylic acids is 1. The van der Waals surface area contributed by atoms with Crippen molar-refractivity contribution in [3.05, 3.63) is 94.5 Å². The molecule has 1 aliphatic heterocycles. The maximum atomic E-state index is 13.0. The van der Waals surface area contributed by atoms with Gasteiger partial charge in [-0.05, 0) is 44.2 Å². The average Bonchev–Trinajstić information content (AvgIpc) is 2.72. The van der Waals surface area contributed by atoms with E-state index in [4.69, 9.17) is 21.1 Å². The number of para-hydroxylation sites is 1. The molecule has 1 amide bonds. The number of hydrogen-bond donors (Lipinski definition) is 1. The highest BCUT2D eigenvalue weighted by atomic mass is 35.5. The maximum Gasteiger partial charge on any atom is 0.251 e. The van der Waals surface area contributed by atoms with E-state index < -0.39 is 0 Å². The summed E-state index contributed by atoms with van der Waals surface area (Å²) in [6, 6.07) is 22.5. The molecule has 4 rings (SSSR count). The molecule has 4 nitrogen and oxygen atoms in total. The molecule has 0 bridgehead atoms. The smallest absolute Gasteiger partial charge is 0.251 e. The summed E-state index contributed by atoms with van der Waals surface area (Å²) in [5.41, 5.74) is 2.09. The zero-order valence-corrected chi connectivity index (χ0v) is 17.8. The third-order valence-electron chi connectivity index (χ3n) is 5.13. The lowest BCUT2D eigenvalue weighted by atomic mass is 9.89. The van der Waals surface area contributed by atoms with Gasteiger partial charge in [0.15, 0.2) is 0 Å². The largest absolute Gasteiger partial charge is 0.489 e. The Morgan fingerprint density at radius 1 is 1.10 bits per heavy atom. The van der Waals surface area contributed by atoms with Crippen LogP contribution in [0.15, 0.2) is 72.8 Å². The summed E-state index contributed by atoms with van der Waals surface area (Å²) in [4.78, 5) is 13.0. The molecule has 154 valence electrons. The van der Waals surface area contributed by atoms with Crippen molar-refractivity contribution in [1.82, 2.24) is 5.32 Å². The molecule has 5 heteroatoms. The van der Waals surface area contributed by atoms with Gasteiger partial charge in [0.1, 0.15) is 23.7 Å². The first-order chi connectivity index (χ1) is 14.4. The quantitative estimate of drug-likeness (QED) is 0.553. The minimum atomic E-state index is -0.355. The van der Waals surface area contributed by atoms with Crippen molar-refractivity contribution in [1.29, 1.82) is 0 Å². The molecule has 0 saturated carbocycles. The van der Waals surface area contributed by atoms with Gasteiger partial charge in [0.2, 0.25) is 0 Å². The van der Waals surface area contributed by atoms with Crippen molar-refractivity contribution in [3.63, 3.8) is 0 Å². The van der Waals surface area contributed by atoms with Crippen LogP contribution in [0.2, 0.25) is 5.02 Å². The normalized spacial score (nSPS) is 16.8. The molecule has 1 aliphatic rings. The molecule has 0 aliphatic carbocycles. The van der Waals surface area contributed by atoms with Crippen molar-refractivity contribution in [2.75, 3.05) is 0 Å². The summed E-state index contributed by atoms with van der Waals surface area (Å²) >= 11 is 6.19. The van der Waals surface area contributed by atoms with Crippen molar-refractivity contribution < 1.29 is 14.3 Å². The van der Waals surface area contributed by atoms with Gasteiger partial charge < -0.3 is 14.8 Å². The minimum absolute atomic E-state index is 0.120. The van der Waals surface area contributed by atoms with Crippen molar-refractivity contribution >= 4 is 17.5 Å². The number of amides is 1. The Balaban J connectivity index is 1.48. The zero-order valence-electron chi connectivity index (χ0n) is 17.0. The summed E-state index contributed by atoms with van der Waals surface area (Å²) in [6.45, 7) is 4.41. The van der Waals surface area contributed by atoms with Crippen LogP contribution in [0.3, 0.4) is 0 Å². The van der Waals surface area contributed by atoms with E-state index in [0.29, 0.717) is 29.4 Å². The number of rotatable bonds is 5. The monoisotopic (exact) mass is 421 g/mol. The van der Waals surface area contributed by atoms with Crippen molar-refractivity contribution in [2.45, 2.75) is 38.5 Å². The number of nitrogens with one attached hydrogen (secondary N) is 1. The van der Waals surface area contributed by atoms with Crippen molar-refractivity contribution in [3.8, 4) is 11.5 Å². The lowest BCUT2D eigenvalue weighted by Crippen LogP contribution is -2.41. The molecule has 3 aromatic carbocycles. The highest BCUT2D eigenvalue weighted by Gasteiger charge is 2.34. The van der Waals surface area contributed by atoms with Gasteiger partial charge in [-0.1, -0.05) is 54.1 Å². The van der Waals surface area contributed by atoms with E-state index in [1.54, 1.807) is 12.1 Å². The van der Waals surface area contributed by atoms with E-state index in [-0.39, 0.29) is 17.6 Å². The molecule has 0 aromatic heterocycles. The number of fused-ring (bicyclic) bond motifs is 1. The summed E-state index contributed by atoms with van der Waals surface area (Å²) in [7, 11) is 0. The fraction of sp³-hybridized carbons (Fsp3) is 0.240. The Labute approximate surface area is 181 Å². The van der Waals surface area contributed by atoms with E-state index in [2.05, 4.69) is 5.32 Å². The number of benzene rings is 3. The van der Waals surface area contributed by atoms with Gasteiger partial charge in [-0.3, -0.25) is 4.79 Å². The predicted molar refractivity (Wildman–Crippen MR) is 118 cm³/mol. The summed E-state index contributed by atoms with van der Waals surface area (Å²) in [6.07, 6.45) is 0.693. The Morgan fingerprint density at radius 2 is 1.87 bits per heavy atom. The van der Waals surface area contributed by atoms with E-state index in [0.717, 1.165) is 16.9 Å². The predicted octanol–water partition coefficient (Wildman–Crippen LogP) is 5.95. The Kier molecular flexibility index (Phi) is 5.69. The first-order valence-electron chi connectivity index (χ1n) is 9.96. The van der Waals surface area contributed by atoms with Crippen molar-refractivity contribution in [2.24, 2.45) is 0 Å². The standard InChI is InChI=1S/C25H24ClNO3/c1-25(2)15-22(20-11-4-6-13-23(20)30-25)27-24(28)17-9-7-10-19(14-17)29-16-18-8-3-5-12-21(18)26/h3-14,22H,15-16H2,1-2H3,(H,27,28). The third kappa shape index (κ3) is 4.60. The lowest BCUT2D eigenvalue weighted by molar-refractivity contribution is 0.0619. The second kappa shape index (κ2) is 8.41. The molecule has 0 saturated heterocycles. The van der Waals surface area contributed by atoms with Crippen LogP contribution in [0.1, 0.15) is 47.8 Å². The van der Waals surface area contributed by atoms with Gasteiger partial charge in [-0.2, -0.15) is 0 Å². The Hall–Kier alpha value is -2.98. The lowest BCUT2D eigenvalue weighted by Gasteiger charge is -2.37. The fourth-order valence-corrected chi connectivity index (χ4v) is 3.87. The van der Waals surface area contributed by atoms with Crippen LogP contribution in [-0.4, -0.2) is 11.5 Å². The summed E-state index contributed by atoms with van der Waals surface area (Å²) < 4.78 is 11.9. The highest BCUT2D eigenvalue weighted by Crippen LogP contribution is 2.39. The fourth-order valence-electron chi connectivity index (χ4n) is 3.68. The van der Waals surface area contributed by atoms with Crippen LogP contribution in [-0.2, 0) is 6.61 Å². The minimum Gasteiger partial charge on any atom is -0.489 e. The second-order valence-corrected chi connectivity index (χ2v) is 8.44. The SMILES string of the molecule is CC1(C)CC(NC(=O)c2cccc(OCc3ccccc3Cl)c2)c2ccccc2O1. The number of hydrogen-bond acceptors (Lipinski definition) is 3. The highest BCUT2D eigenvalue weighted by molar-refractivity contribution is 6.31. The molecular formula is C25H24ClNO3. The van der Waals surface area contributed by atoms with Crippen LogP contribution in [0.25, 0.3) is 0 Å². The van der Waals surface area contributed by atoms with Gasteiger partial charge in [-0.15, -0.1) is 0 Å². The topological polar surface area (TPSA) is 47.6 Å². The van der Waals surface area contributed by atoms with Crippen LogP contribution in [0.5, 0.6) is 11.5 Å². The number of halogens is 1. The molecule has 0 radical (unpaired) electrons. The molecule has 1 N–H and O–H groups in total. The molecule has 3 aromatic rings. The van der Waals surface area contributed by atoms with E-state index >= 15 is 0 Å². The van der Waals surface area contributed by atoms with Gasteiger partial charge >= 0.3 is 0 Å². The molecule has 30 heavy (non-hydrogen) atoms. The third-order valence-corrected chi connectivity index (χ3v) is 5.50. The summed E-state index contributed by atoms with van der Waals surface area (Å²) in [5.74, 6) is 1.29. The number of ether oxygens (including phenoxy) is 2. The summed E-state index contributed by atoms with van der Waals surface area (Å²) in [5, 5.41) is 3.82. The second-order valence-electron chi connectivity index (χ2n) is 8.04. The van der Waals surface area contributed by atoms with E-state index in [1.165, 1.54) is 0 Å². The van der Waals surface area contributed by atoms with Gasteiger partial charge in [0, 0.05) is 28.1 Å². The molecule has 1 heterocycles. The van der Waals surface area contributed by atoms with Gasteiger partial charge in [0.05, 0.1) is 6.04 Å². The Morgan fingerprint density at radius 3 is 2.70 bits per heavy atom. The maximum absolute atomic E-state index is 13.0. The van der Waals surface area contributed by atoms with Gasteiger partial charge in [0.25, 0.3) is 5.91 Å². The van der Waals surface area contributed by atoms with E-state index in [1.807, 2.05) is 74.5 Å².